The Kier molecular flexibility index (Phi) is 6.69. The number of para-hydroxylation sites is 1. The second-order valence-electron chi connectivity index (χ2n) is 8.30. The molecule has 10 nitrogen and oxygen atoms in total. The predicted octanol–water partition coefficient (Wildman–Crippen LogP) is 3.76. The van der Waals surface area contributed by atoms with E-state index in [0.717, 1.165) is 36.3 Å². The van der Waals surface area contributed by atoms with Gasteiger partial charge < -0.3 is 14.9 Å². The number of rotatable bonds is 8. The van der Waals surface area contributed by atoms with Crippen LogP contribution in [0.25, 0.3) is 16.8 Å². The number of aryl methyl sites for hydroxylation is 1. The second-order valence-corrected chi connectivity index (χ2v) is 9.24. The summed E-state index contributed by atoms with van der Waals surface area (Å²) in [6.45, 7) is 6.59. The number of aromatic nitrogens is 5. The zero-order valence-electron chi connectivity index (χ0n) is 19.7. The maximum atomic E-state index is 12.4. The molecule has 0 amide bonds. The van der Waals surface area contributed by atoms with Crippen molar-refractivity contribution in [3.63, 3.8) is 0 Å². The van der Waals surface area contributed by atoms with Gasteiger partial charge in [-0.25, -0.2) is 9.78 Å². The highest BCUT2D eigenvalue weighted by atomic mass is 32.2. The van der Waals surface area contributed by atoms with Crippen LogP contribution < -0.4 is 5.73 Å². The van der Waals surface area contributed by atoms with Crippen LogP contribution >= 0.6 is 11.8 Å². The van der Waals surface area contributed by atoms with Crippen LogP contribution in [0.1, 0.15) is 47.5 Å². The minimum absolute atomic E-state index is 0.185. The molecule has 0 saturated carbocycles. The van der Waals surface area contributed by atoms with Crippen molar-refractivity contribution >= 4 is 34.6 Å². The first-order valence-electron chi connectivity index (χ1n) is 11.6. The number of fused-ring (bicyclic) bond motifs is 1. The van der Waals surface area contributed by atoms with Gasteiger partial charge >= 0.3 is 5.97 Å². The zero-order valence-corrected chi connectivity index (χ0v) is 20.5. The molecule has 1 fully saturated rings. The van der Waals surface area contributed by atoms with Gasteiger partial charge in [0, 0.05) is 5.69 Å². The lowest BCUT2D eigenvalue weighted by molar-refractivity contribution is 0.0526. The number of benzene rings is 1. The number of nitrogens with two attached hydrogens (primary N) is 1. The second kappa shape index (κ2) is 10.0. The molecule has 0 radical (unpaired) electrons. The number of carbonyl (C=O) groups is 1. The summed E-state index contributed by atoms with van der Waals surface area (Å²) in [6, 6.07) is 10.1. The molecule has 182 valence electrons. The van der Waals surface area contributed by atoms with E-state index in [0.29, 0.717) is 22.7 Å². The normalized spacial score (nSPS) is 14.1. The van der Waals surface area contributed by atoms with Gasteiger partial charge in [-0.05, 0) is 51.9 Å². The largest absolute Gasteiger partial charge is 0.462 e. The molecule has 5 rings (SSSR count). The van der Waals surface area contributed by atoms with Gasteiger partial charge in [0.25, 0.3) is 0 Å². The van der Waals surface area contributed by atoms with E-state index in [1.165, 1.54) is 24.6 Å². The summed E-state index contributed by atoms with van der Waals surface area (Å²) in [5, 5.41) is 10.1. The molecule has 2 N–H and O–H groups in total. The lowest BCUT2D eigenvalue weighted by Gasteiger charge is -2.15. The van der Waals surface area contributed by atoms with Gasteiger partial charge in [-0.1, -0.05) is 30.0 Å². The fourth-order valence-electron chi connectivity index (χ4n) is 4.30. The van der Waals surface area contributed by atoms with Crippen LogP contribution in [0.5, 0.6) is 0 Å². The van der Waals surface area contributed by atoms with Crippen molar-refractivity contribution in [2.24, 2.45) is 0 Å². The molecule has 1 aromatic carbocycles. The Morgan fingerprint density at radius 1 is 1.17 bits per heavy atom. The van der Waals surface area contributed by atoms with Gasteiger partial charge in [0.2, 0.25) is 5.71 Å². The Hall–Kier alpha value is -3.44. The van der Waals surface area contributed by atoms with E-state index < -0.39 is 5.97 Å². The Balaban J connectivity index is 1.42. The van der Waals surface area contributed by atoms with E-state index in [9.17, 15) is 4.79 Å². The Morgan fingerprint density at radius 2 is 1.94 bits per heavy atom. The highest BCUT2D eigenvalue weighted by Crippen LogP contribution is 2.31. The summed E-state index contributed by atoms with van der Waals surface area (Å²) in [6.07, 6.45) is 2.43. The number of thioether (sulfide) groups is 1. The molecule has 1 aliphatic heterocycles. The molecule has 0 aliphatic carbocycles. The maximum Gasteiger partial charge on any atom is 0.342 e. The van der Waals surface area contributed by atoms with E-state index in [1.807, 2.05) is 30.3 Å². The molecule has 0 spiro atoms. The lowest BCUT2D eigenvalue weighted by Crippen LogP contribution is -2.21. The number of furan rings is 1. The van der Waals surface area contributed by atoms with Crippen molar-refractivity contribution in [2.45, 2.75) is 44.1 Å². The lowest BCUT2D eigenvalue weighted by atomic mass is 10.2. The molecule has 4 aromatic rings. The van der Waals surface area contributed by atoms with Crippen LogP contribution in [0, 0.1) is 6.92 Å². The van der Waals surface area contributed by atoms with Gasteiger partial charge in [-0.3, -0.25) is 9.47 Å². The number of hydrogen-bond acceptors (Lipinski definition) is 10. The van der Waals surface area contributed by atoms with Crippen molar-refractivity contribution in [3.8, 4) is 5.69 Å². The molecule has 1 saturated heterocycles. The number of hydrogen-bond donors (Lipinski definition) is 1. The Morgan fingerprint density at radius 3 is 2.69 bits per heavy atom. The van der Waals surface area contributed by atoms with Gasteiger partial charge in [-0.15, -0.1) is 10.2 Å². The van der Waals surface area contributed by atoms with Crippen molar-refractivity contribution in [1.82, 2.24) is 29.6 Å². The SMILES string of the molecule is CCOC(=O)c1c(C)oc2nc(CSc3nnc(CN4CCCC4)n3-c3ccccc3)nc(N)c12. The Labute approximate surface area is 206 Å². The summed E-state index contributed by atoms with van der Waals surface area (Å²) in [5.74, 6) is 1.88. The zero-order chi connectivity index (χ0) is 24.4. The number of likely N-dealkylation sites (tertiary alicyclic amines) is 1. The number of carbonyl (C=O) groups excluding carboxylic acids is 1. The van der Waals surface area contributed by atoms with Crippen molar-refractivity contribution in [2.75, 3.05) is 25.4 Å². The first kappa shape index (κ1) is 23.3. The molecule has 3 aromatic heterocycles. The number of nitrogen functional groups attached to an aromatic ring is 1. The van der Waals surface area contributed by atoms with Crippen molar-refractivity contribution in [1.29, 1.82) is 0 Å². The fourth-order valence-corrected chi connectivity index (χ4v) is 5.13. The maximum absolute atomic E-state index is 12.4. The van der Waals surface area contributed by atoms with Gasteiger partial charge in [-0.2, -0.15) is 4.98 Å². The van der Waals surface area contributed by atoms with Crippen LogP contribution in [-0.2, 0) is 17.0 Å². The summed E-state index contributed by atoms with van der Waals surface area (Å²) in [7, 11) is 0. The number of esters is 1. The van der Waals surface area contributed by atoms with E-state index in [1.54, 1.807) is 13.8 Å². The average Bonchev–Trinajstić information content (AvgIpc) is 3.57. The van der Waals surface area contributed by atoms with Crippen LogP contribution in [0.2, 0.25) is 0 Å². The monoisotopic (exact) mass is 493 g/mol. The average molecular weight is 494 g/mol. The molecular formula is C24H27N7O3S. The molecule has 11 heteroatoms. The van der Waals surface area contributed by atoms with Crippen LogP contribution in [0.4, 0.5) is 5.82 Å². The van der Waals surface area contributed by atoms with E-state index in [-0.39, 0.29) is 23.7 Å². The molecule has 0 bridgehead atoms. The standard InChI is InChI=1S/C24H27N7O3S/c1-3-33-23(32)19-15(2)34-22-20(19)21(25)26-17(27-22)14-35-24-29-28-18(13-30-11-7-8-12-30)31(24)16-9-5-4-6-10-16/h4-6,9-10H,3,7-8,11-14H2,1-2H3,(H2,25,26,27). The highest BCUT2D eigenvalue weighted by Gasteiger charge is 2.24. The first-order chi connectivity index (χ1) is 17.0. The third-order valence-corrected chi connectivity index (χ3v) is 6.82. The first-order valence-corrected chi connectivity index (χ1v) is 12.6. The van der Waals surface area contributed by atoms with Crippen molar-refractivity contribution in [3.05, 3.63) is 53.3 Å². The number of anilines is 1. The minimum atomic E-state index is -0.498. The third-order valence-electron chi connectivity index (χ3n) is 5.89. The van der Waals surface area contributed by atoms with Gasteiger partial charge in [0.1, 0.15) is 23.0 Å². The predicted molar refractivity (Wildman–Crippen MR) is 132 cm³/mol. The smallest absolute Gasteiger partial charge is 0.342 e. The third kappa shape index (κ3) is 4.73. The van der Waals surface area contributed by atoms with Gasteiger partial charge in [0.15, 0.2) is 11.0 Å². The van der Waals surface area contributed by atoms with Gasteiger partial charge in [0.05, 0.1) is 24.3 Å². The van der Waals surface area contributed by atoms with E-state index >= 15 is 0 Å². The Bertz CT molecular complexity index is 1350. The summed E-state index contributed by atoms with van der Waals surface area (Å²) >= 11 is 1.47. The highest BCUT2D eigenvalue weighted by molar-refractivity contribution is 7.98. The van der Waals surface area contributed by atoms with E-state index in [4.69, 9.17) is 14.9 Å². The molecule has 4 heterocycles. The van der Waals surface area contributed by atoms with Crippen LogP contribution in [0.15, 0.2) is 39.9 Å². The van der Waals surface area contributed by atoms with Crippen molar-refractivity contribution < 1.29 is 13.9 Å². The van der Waals surface area contributed by atoms with Crippen LogP contribution in [0.3, 0.4) is 0 Å². The summed E-state index contributed by atoms with van der Waals surface area (Å²) < 4.78 is 13.0. The molecule has 0 unspecified atom stereocenters. The van der Waals surface area contributed by atoms with Crippen LogP contribution in [-0.4, -0.2) is 55.3 Å². The minimum Gasteiger partial charge on any atom is -0.462 e. The summed E-state index contributed by atoms with van der Waals surface area (Å²) in [5.41, 5.74) is 7.77. The number of nitrogens with zero attached hydrogens (tertiary/aromatic N) is 6. The quantitative estimate of drug-likeness (QED) is 0.286. The molecule has 0 atom stereocenters. The van der Waals surface area contributed by atoms with E-state index in [2.05, 4.69) is 29.6 Å². The topological polar surface area (TPSA) is 125 Å². The summed E-state index contributed by atoms with van der Waals surface area (Å²) in [4.78, 5) is 23.7. The fraction of sp³-hybridized carbons (Fsp3) is 0.375. The number of ether oxygens (including phenoxy) is 1. The molecule has 1 aliphatic rings. The molecule has 35 heavy (non-hydrogen) atoms. The molecular weight excluding hydrogens is 466 g/mol.